The molecule has 0 amide bonds. The van der Waals surface area contributed by atoms with Crippen LogP contribution >= 0.6 is 12.2 Å². The first-order valence-corrected chi connectivity index (χ1v) is 5.91. The van der Waals surface area contributed by atoms with E-state index in [1.165, 1.54) is 12.1 Å². The standard InChI is InChI=1S/C13H12FN3S/c14-10-4-6-11(7-5-10)17-13(18)16-9-12-3-1-2-8-15-12/h1-8H,9H2,(H2,16,17,18)/p+1. The van der Waals surface area contributed by atoms with Crippen LogP contribution in [0.3, 0.4) is 0 Å². The fourth-order valence-corrected chi connectivity index (χ4v) is 1.61. The average Bonchev–Trinajstić information content (AvgIpc) is 2.40. The Hall–Kier alpha value is -2.01. The minimum Gasteiger partial charge on any atom is -0.352 e. The molecule has 0 unspecified atom stereocenters. The Bertz CT molecular complexity index is 514. The molecule has 3 N–H and O–H groups in total. The number of anilines is 1. The first kappa shape index (κ1) is 12.4. The third-order valence-electron chi connectivity index (χ3n) is 2.31. The van der Waals surface area contributed by atoms with Crippen molar-refractivity contribution in [3.63, 3.8) is 0 Å². The van der Waals surface area contributed by atoms with Crippen molar-refractivity contribution in [3.8, 4) is 0 Å². The molecule has 0 bridgehead atoms. The summed E-state index contributed by atoms with van der Waals surface area (Å²) >= 11 is 5.14. The lowest BCUT2D eigenvalue weighted by Gasteiger charge is -2.08. The van der Waals surface area contributed by atoms with Crippen molar-refractivity contribution in [2.45, 2.75) is 6.54 Å². The van der Waals surface area contributed by atoms with Crippen molar-refractivity contribution in [3.05, 3.63) is 60.2 Å². The zero-order valence-electron chi connectivity index (χ0n) is 9.61. The highest BCUT2D eigenvalue weighted by Crippen LogP contribution is 2.07. The summed E-state index contributed by atoms with van der Waals surface area (Å²) in [5, 5.41) is 6.54. The third-order valence-corrected chi connectivity index (χ3v) is 2.56. The molecule has 5 heteroatoms. The molecule has 1 aromatic carbocycles. The minimum absolute atomic E-state index is 0.265. The lowest BCUT2D eigenvalue weighted by atomic mass is 10.3. The maximum Gasteiger partial charge on any atom is 0.198 e. The molecule has 0 fully saturated rings. The molecule has 0 aliphatic carbocycles. The Kier molecular flexibility index (Phi) is 4.20. The van der Waals surface area contributed by atoms with Crippen molar-refractivity contribution in [2.75, 3.05) is 5.32 Å². The average molecular weight is 262 g/mol. The second-order valence-corrected chi connectivity index (χ2v) is 4.11. The van der Waals surface area contributed by atoms with Gasteiger partial charge in [-0.05, 0) is 36.5 Å². The Morgan fingerprint density at radius 3 is 2.61 bits per heavy atom. The van der Waals surface area contributed by atoms with Crippen LogP contribution in [0, 0.1) is 5.82 Å². The molecule has 1 aromatic heterocycles. The topological polar surface area (TPSA) is 38.2 Å². The van der Waals surface area contributed by atoms with Crippen molar-refractivity contribution < 1.29 is 9.37 Å². The summed E-state index contributed by atoms with van der Waals surface area (Å²) in [5.41, 5.74) is 1.78. The predicted molar refractivity (Wildman–Crippen MR) is 72.5 cm³/mol. The number of pyridine rings is 1. The van der Waals surface area contributed by atoms with Crippen LogP contribution in [0.25, 0.3) is 0 Å². The van der Waals surface area contributed by atoms with E-state index >= 15 is 0 Å². The van der Waals surface area contributed by atoms with Crippen LogP contribution in [0.5, 0.6) is 0 Å². The molecule has 0 atom stereocenters. The van der Waals surface area contributed by atoms with Gasteiger partial charge < -0.3 is 10.6 Å². The largest absolute Gasteiger partial charge is 0.352 e. The van der Waals surface area contributed by atoms with Gasteiger partial charge in [0.25, 0.3) is 0 Å². The van der Waals surface area contributed by atoms with E-state index in [4.69, 9.17) is 12.2 Å². The summed E-state index contributed by atoms with van der Waals surface area (Å²) in [5.74, 6) is -0.265. The zero-order chi connectivity index (χ0) is 12.8. The fraction of sp³-hybridized carbons (Fsp3) is 0.0769. The van der Waals surface area contributed by atoms with E-state index < -0.39 is 0 Å². The molecule has 0 saturated heterocycles. The van der Waals surface area contributed by atoms with Gasteiger partial charge in [0.15, 0.2) is 17.0 Å². The van der Waals surface area contributed by atoms with Gasteiger partial charge in [0, 0.05) is 17.8 Å². The van der Waals surface area contributed by atoms with Crippen LogP contribution in [-0.2, 0) is 6.54 Å². The summed E-state index contributed by atoms with van der Waals surface area (Å²) in [6, 6.07) is 11.9. The van der Waals surface area contributed by atoms with Gasteiger partial charge in [0.1, 0.15) is 12.4 Å². The molecule has 3 nitrogen and oxygen atoms in total. The number of halogens is 1. The van der Waals surface area contributed by atoms with Crippen LogP contribution in [0.15, 0.2) is 48.7 Å². The second kappa shape index (κ2) is 6.07. The monoisotopic (exact) mass is 262 g/mol. The maximum absolute atomic E-state index is 12.7. The van der Waals surface area contributed by atoms with Crippen molar-refractivity contribution in [2.24, 2.45) is 0 Å². The van der Waals surface area contributed by atoms with Gasteiger partial charge >= 0.3 is 0 Å². The molecule has 92 valence electrons. The number of aromatic amines is 1. The highest BCUT2D eigenvalue weighted by Gasteiger charge is 2.01. The summed E-state index contributed by atoms with van der Waals surface area (Å²) < 4.78 is 12.7. The highest BCUT2D eigenvalue weighted by atomic mass is 32.1. The van der Waals surface area contributed by atoms with Crippen LogP contribution in [0.2, 0.25) is 0 Å². The van der Waals surface area contributed by atoms with Gasteiger partial charge in [-0.1, -0.05) is 6.07 Å². The molecule has 0 saturated carbocycles. The van der Waals surface area contributed by atoms with E-state index in [1.807, 2.05) is 24.4 Å². The summed E-state index contributed by atoms with van der Waals surface area (Å²) in [7, 11) is 0. The zero-order valence-corrected chi connectivity index (χ0v) is 10.4. The molecule has 2 rings (SSSR count). The van der Waals surface area contributed by atoms with Crippen LogP contribution in [-0.4, -0.2) is 5.11 Å². The van der Waals surface area contributed by atoms with E-state index in [2.05, 4.69) is 15.6 Å². The lowest BCUT2D eigenvalue weighted by molar-refractivity contribution is -0.390. The second-order valence-electron chi connectivity index (χ2n) is 3.70. The third kappa shape index (κ3) is 3.78. The predicted octanol–water partition coefficient (Wildman–Crippen LogP) is 2.13. The number of hydrogen-bond acceptors (Lipinski definition) is 1. The Balaban J connectivity index is 1.84. The minimum atomic E-state index is -0.265. The molecular formula is C13H13FN3S+. The molecule has 0 radical (unpaired) electrons. The molecule has 18 heavy (non-hydrogen) atoms. The van der Waals surface area contributed by atoms with Gasteiger partial charge in [-0.3, -0.25) is 0 Å². The molecule has 1 heterocycles. The van der Waals surface area contributed by atoms with E-state index in [0.717, 1.165) is 11.4 Å². The first-order valence-electron chi connectivity index (χ1n) is 5.50. The van der Waals surface area contributed by atoms with Gasteiger partial charge in [-0.25, -0.2) is 9.37 Å². The van der Waals surface area contributed by atoms with E-state index in [9.17, 15) is 4.39 Å². The number of benzene rings is 1. The molecule has 0 aliphatic heterocycles. The maximum atomic E-state index is 12.7. The number of nitrogens with one attached hydrogen (secondary N) is 3. The van der Waals surface area contributed by atoms with Crippen LogP contribution in [0.4, 0.5) is 10.1 Å². The Morgan fingerprint density at radius 2 is 1.94 bits per heavy atom. The van der Waals surface area contributed by atoms with Gasteiger partial charge in [0.05, 0.1) is 0 Å². The smallest absolute Gasteiger partial charge is 0.198 e. The van der Waals surface area contributed by atoms with Gasteiger partial charge in [0.2, 0.25) is 0 Å². The van der Waals surface area contributed by atoms with Gasteiger partial charge in [-0.2, -0.15) is 0 Å². The Labute approximate surface area is 110 Å². The van der Waals surface area contributed by atoms with E-state index in [0.29, 0.717) is 11.7 Å². The highest BCUT2D eigenvalue weighted by molar-refractivity contribution is 7.80. The van der Waals surface area contributed by atoms with Crippen molar-refractivity contribution in [1.29, 1.82) is 0 Å². The lowest BCUT2D eigenvalue weighted by Crippen LogP contribution is -2.30. The number of thiocarbonyl (C=S) groups is 1. The van der Waals surface area contributed by atoms with Crippen LogP contribution < -0.4 is 15.6 Å². The molecular weight excluding hydrogens is 249 g/mol. The van der Waals surface area contributed by atoms with Crippen molar-refractivity contribution >= 4 is 23.0 Å². The summed E-state index contributed by atoms with van der Waals surface area (Å²) in [4.78, 5) is 3.10. The van der Waals surface area contributed by atoms with Crippen LogP contribution in [0.1, 0.15) is 5.69 Å². The number of aromatic nitrogens is 1. The fourth-order valence-electron chi connectivity index (χ4n) is 1.42. The van der Waals surface area contributed by atoms with E-state index in [1.54, 1.807) is 12.1 Å². The molecule has 2 aromatic rings. The summed E-state index contributed by atoms with van der Waals surface area (Å²) in [6.07, 6.45) is 1.85. The van der Waals surface area contributed by atoms with E-state index in [-0.39, 0.29) is 5.82 Å². The molecule has 0 spiro atoms. The normalized spacial score (nSPS) is 9.83. The molecule has 0 aliphatic rings. The quantitative estimate of drug-likeness (QED) is 0.832. The van der Waals surface area contributed by atoms with Gasteiger partial charge in [-0.15, -0.1) is 0 Å². The number of H-pyrrole nitrogens is 1. The Morgan fingerprint density at radius 1 is 1.17 bits per heavy atom. The van der Waals surface area contributed by atoms with Crippen molar-refractivity contribution in [1.82, 2.24) is 5.32 Å². The SMILES string of the molecule is Fc1ccc(NC(=S)NCc2cccc[nH+]2)cc1. The summed E-state index contributed by atoms with van der Waals surface area (Å²) in [6.45, 7) is 0.605. The first-order chi connectivity index (χ1) is 8.74. The number of hydrogen-bond donors (Lipinski definition) is 2. The number of rotatable bonds is 3.